The van der Waals surface area contributed by atoms with E-state index >= 15 is 0 Å². The van der Waals surface area contributed by atoms with Crippen LogP contribution in [-0.2, 0) is 0 Å². The first kappa shape index (κ1) is 10.0. The first-order chi connectivity index (χ1) is 4.63. The molecule has 0 saturated carbocycles. The fourth-order valence-electron chi connectivity index (χ4n) is 1.83. The molecular formula is C10H22. The molecule has 0 amide bonds. The van der Waals surface area contributed by atoms with E-state index in [4.69, 9.17) is 0 Å². The molecule has 0 radical (unpaired) electrons. The van der Waals surface area contributed by atoms with Gasteiger partial charge in [-0.1, -0.05) is 47.5 Å². The van der Waals surface area contributed by atoms with Gasteiger partial charge in [-0.3, -0.25) is 0 Å². The third kappa shape index (κ3) is 2.72. The lowest BCUT2D eigenvalue weighted by atomic mass is 9.81. The Morgan fingerprint density at radius 2 is 1.40 bits per heavy atom. The summed E-state index contributed by atoms with van der Waals surface area (Å²) in [5.41, 5.74) is 0. The van der Waals surface area contributed by atoms with Gasteiger partial charge in [0, 0.05) is 0 Å². The lowest BCUT2D eigenvalue weighted by molar-refractivity contribution is 0.256. The average Bonchev–Trinajstić information content (AvgIpc) is 1.88. The average molecular weight is 142 g/mol. The van der Waals surface area contributed by atoms with Crippen molar-refractivity contribution in [3.05, 3.63) is 0 Å². The Morgan fingerprint density at radius 1 is 0.900 bits per heavy atom. The maximum absolute atomic E-state index is 2.37. The van der Waals surface area contributed by atoms with Crippen LogP contribution < -0.4 is 0 Å². The molecule has 0 saturated heterocycles. The Kier molecular flexibility index (Phi) is 4.76. The molecule has 0 aliphatic carbocycles. The Labute approximate surface area is 66.0 Å². The van der Waals surface area contributed by atoms with E-state index in [0.717, 1.165) is 17.8 Å². The molecule has 0 aromatic carbocycles. The standard InChI is InChI=1S/C10H22/c1-6-9(5)10(7-2)8(3)4/h8-10H,6-7H2,1-5H3/t9-,10-/m1/s1. The van der Waals surface area contributed by atoms with Gasteiger partial charge >= 0.3 is 0 Å². The van der Waals surface area contributed by atoms with Crippen LogP contribution >= 0.6 is 0 Å². The van der Waals surface area contributed by atoms with E-state index in [1.54, 1.807) is 0 Å². The van der Waals surface area contributed by atoms with Gasteiger partial charge in [0.2, 0.25) is 0 Å². The van der Waals surface area contributed by atoms with Crippen LogP contribution in [-0.4, -0.2) is 0 Å². The summed E-state index contributed by atoms with van der Waals surface area (Å²) in [7, 11) is 0. The van der Waals surface area contributed by atoms with Crippen LogP contribution in [0.1, 0.15) is 47.5 Å². The molecule has 0 aliphatic heterocycles. The predicted octanol–water partition coefficient (Wildman–Crippen LogP) is 3.71. The third-order valence-electron chi connectivity index (χ3n) is 2.70. The van der Waals surface area contributed by atoms with Crippen LogP contribution in [0.5, 0.6) is 0 Å². The summed E-state index contributed by atoms with van der Waals surface area (Å²) in [5, 5.41) is 0. The molecule has 0 unspecified atom stereocenters. The minimum absolute atomic E-state index is 0.861. The van der Waals surface area contributed by atoms with Crippen molar-refractivity contribution in [3.63, 3.8) is 0 Å². The lowest BCUT2D eigenvalue weighted by Crippen LogP contribution is -2.16. The fraction of sp³-hybridized carbons (Fsp3) is 1.00. The van der Waals surface area contributed by atoms with Gasteiger partial charge in [0.15, 0.2) is 0 Å². The molecule has 0 heteroatoms. The van der Waals surface area contributed by atoms with Gasteiger partial charge in [0.25, 0.3) is 0 Å². The van der Waals surface area contributed by atoms with Gasteiger partial charge in [-0.05, 0) is 17.8 Å². The third-order valence-corrected chi connectivity index (χ3v) is 2.70. The monoisotopic (exact) mass is 142 g/mol. The summed E-state index contributed by atoms with van der Waals surface area (Å²) in [6.07, 6.45) is 2.67. The SMILES string of the molecule is CC[C@@H](C)[C@H](CC)C(C)C. The van der Waals surface area contributed by atoms with Crippen LogP contribution in [0.15, 0.2) is 0 Å². The van der Waals surface area contributed by atoms with Crippen LogP contribution in [0.3, 0.4) is 0 Å². The van der Waals surface area contributed by atoms with E-state index in [-0.39, 0.29) is 0 Å². The molecular weight excluding hydrogens is 120 g/mol. The second-order valence-corrected chi connectivity index (χ2v) is 3.70. The topological polar surface area (TPSA) is 0 Å². The van der Waals surface area contributed by atoms with Crippen molar-refractivity contribution >= 4 is 0 Å². The van der Waals surface area contributed by atoms with Crippen LogP contribution in [0.4, 0.5) is 0 Å². The summed E-state index contributed by atoms with van der Waals surface area (Å²) in [4.78, 5) is 0. The van der Waals surface area contributed by atoms with E-state index in [1.165, 1.54) is 12.8 Å². The lowest BCUT2D eigenvalue weighted by Gasteiger charge is -2.24. The van der Waals surface area contributed by atoms with E-state index < -0.39 is 0 Å². The smallest absolute Gasteiger partial charge is 0.0368 e. The van der Waals surface area contributed by atoms with Gasteiger partial charge in [-0.15, -0.1) is 0 Å². The van der Waals surface area contributed by atoms with Crippen molar-refractivity contribution in [2.75, 3.05) is 0 Å². The zero-order valence-electron chi connectivity index (χ0n) is 8.15. The second kappa shape index (κ2) is 4.76. The maximum atomic E-state index is 2.37. The first-order valence-corrected chi connectivity index (χ1v) is 4.63. The Hall–Kier alpha value is 0. The highest BCUT2D eigenvalue weighted by molar-refractivity contribution is 4.66. The second-order valence-electron chi connectivity index (χ2n) is 3.70. The molecule has 0 aromatic rings. The molecule has 0 fully saturated rings. The minimum Gasteiger partial charge on any atom is -0.0651 e. The molecule has 0 spiro atoms. The molecule has 0 N–H and O–H groups in total. The van der Waals surface area contributed by atoms with E-state index in [0.29, 0.717) is 0 Å². The highest BCUT2D eigenvalue weighted by Gasteiger charge is 2.16. The van der Waals surface area contributed by atoms with E-state index in [2.05, 4.69) is 34.6 Å². The van der Waals surface area contributed by atoms with Gasteiger partial charge in [-0.25, -0.2) is 0 Å². The van der Waals surface area contributed by atoms with Gasteiger partial charge < -0.3 is 0 Å². The van der Waals surface area contributed by atoms with Crippen LogP contribution in [0, 0.1) is 17.8 Å². The van der Waals surface area contributed by atoms with Gasteiger partial charge in [-0.2, -0.15) is 0 Å². The molecule has 0 bridgehead atoms. The Morgan fingerprint density at radius 3 is 1.50 bits per heavy atom. The van der Waals surface area contributed by atoms with Gasteiger partial charge in [0.05, 0.1) is 0 Å². The highest BCUT2D eigenvalue weighted by atomic mass is 14.2. The Bertz CT molecular complexity index is 74.1. The van der Waals surface area contributed by atoms with Crippen LogP contribution in [0.25, 0.3) is 0 Å². The zero-order valence-corrected chi connectivity index (χ0v) is 8.15. The molecule has 0 aliphatic rings. The summed E-state index contributed by atoms with van der Waals surface area (Å²) >= 11 is 0. The van der Waals surface area contributed by atoms with Crippen molar-refractivity contribution in [1.29, 1.82) is 0 Å². The van der Waals surface area contributed by atoms with Crippen LogP contribution in [0.2, 0.25) is 0 Å². The fourth-order valence-corrected chi connectivity index (χ4v) is 1.83. The number of hydrogen-bond acceptors (Lipinski definition) is 0. The van der Waals surface area contributed by atoms with Crippen molar-refractivity contribution in [2.24, 2.45) is 17.8 Å². The number of hydrogen-bond donors (Lipinski definition) is 0. The summed E-state index contributed by atoms with van der Waals surface area (Å²) in [5.74, 6) is 2.70. The van der Waals surface area contributed by atoms with E-state index in [9.17, 15) is 0 Å². The predicted molar refractivity (Wildman–Crippen MR) is 48.1 cm³/mol. The molecule has 0 heterocycles. The largest absolute Gasteiger partial charge is 0.0651 e. The highest BCUT2D eigenvalue weighted by Crippen LogP contribution is 2.25. The molecule has 62 valence electrons. The van der Waals surface area contributed by atoms with Gasteiger partial charge in [0.1, 0.15) is 0 Å². The Balaban J connectivity index is 3.80. The molecule has 2 atom stereocenters. The first-order valence-electron chi connectivity index (χ1n) is 4.63. The molecule has 0 rings (SSSR count). The summed E-state index contributed by atoms with van der Waals surface area (Å²) < 4.78 is 0. The molecule has 10 heavy (non-hydrogen) atoms. The van der Waals surface area contributed by atoms with Crippen molar-refractivity contribution < 1.29 is 0 Å². The summed E-state index contributed by atoms with van der Waals surface area (Å²) in [6.45, 7) is 11.6. The van der Waals surface area contributed by atoms with Crippen molar-refractivity contribution in [1.82, 2.24) is 0 Å². The quantitative estimate of drug-likeness (QED) is 0.561. The zero-order chi connectivity index (χ0) is 8.15. The number of rotatable bonds is 4. The summed E-state index contributed by atoms with van der Waals surface area (Å²) in [6, 6.07) is 0. The molecule has 0 nitrogen and oxygen atoms in total. The van der Waals surface area contributed by atoms with Crippen molar-refractivity contribution in [3.8, 4) is 0 Å². The normalized spacial score (nSPS) is 17.4. The maximum Gasteiger partial charge on any atom is -0.0368 e. The van der Waals surface area contributed by atoms with E-state index in [1.807, 2.05) is 0 Å². The molecule has 0 aromatic heterocycles. The van der Waals surface area contributed by atoms with Crippen molar-refractivity contribution in [2.45, 2.75) is 47.5 Å². The minimum atomic E-state index is 0.861.